The number of carbonyl (C=O) groups excluding carboxylic acids is 1. The molecule has 2 heteroatoms. The van der Waals surface area contributed by atoms with Gasteiger partial charge in [0.2, 0.25) is 5.91 Å². The minimum atomic E-state index is -0.197. The maximum Gasteiger partial charge on any atom is 0.221 e. The van der Waals surface area contributed by atoms with Gasteiger partial charge in [-0.1, -0.05) is 42.8 Å². The smallest absolute Gasteiger partial charge is 0.221 e. The summed E-state index contributed by atoms with van der Waals surface area (Å²) in [6.07, 6.45) is 2.95. The first-order chi connectivity index (χ1) is 7.65. The molecule has 0 aliphatic heterocycles. The van der Waals surface area contributed by atoms with Crippen LogP contribution in [-0.4, -0.2) is 5.91 Å². The highest BCUT2D eigenvalue weighted by molar-refractivity contribution is 5.80. The number of amides is 1. The van der Waals surface area contributed by atoms with Gasteiger partial charge in [-0.05, 0) is 24.5 Å². The molecule has 1 aliphatic carbocycles. The van der Waals surface area contributed by atoms with Crippen LogP contribution < -0.4 is 5.73 Å². The van der Waals surface area contributed by atoms with E-state index in [-0.39, 0.29) is 17.7 Å². The van der Waals surface area contributed by atoms with Crippen molar-refractivity contribution in [3.8, 4) is 0 Å². The highest BCUT2D eigenvalue weighted by Gasteiger charge is 2.32. The van der Waals surface area contributed by atoms with E-state index >= 15 is 0 Å². The van der Waals surface area contributed by atoms with Crippen LogP contribution in [0, 0.1) is 5.92 Å². The fourth-order valence-electron chi connectivity index (χ4n) is 2.64. The molecule has 1 aliphatic rings. The van der Waals surface area contributed by atoms with E-state index < -0.39 is 0 Å². The number of fused-ring (bicyclic) bond motifs is 1. The normalized spacial score (nSPS) is 20.1. The lowest BCUT2D eigenvalue weighted by Crippen LogP contribution is -2.28. The Morgan fingerprint density at radius 1 is 1.44 bits per heavy atom. The summed E-state index contributed by atoms with van der Waals surface area (Å²) in [5.41, 5.74) is 9.19. The predicted molar refractivity (Wildman–Crippen MR) is 65.8 cm³/mol. The molecule has 16 heavy (non-hydrogen) atoms. The monoisotopic (exact) mass is 215 g/mol. The molecule has 2 unspecified atom stereocenters. The molecule has 0 saturated heterocycles. The van der Waals surface area contributed by atoms with Crippen molar-refractivity contribution in [2.24, 2.45) is 11.7 Å². The van der Waals surface area contributed by atoms with Gasteiger partial charge in [0.05, 0.1) is 0 Å². The Kier molecular flexibility index (Phi) is 2.82. The third-order valence-corrected chi connectivity index (χ3v) is 3.41. The van der Waals surface area contributed by atoms with Crippen molar-refractivity contribution in [1.29, 1.82) is 0 Å². The van der Waals surface area contributed by atoms with Crippen molar-refractivity contribution in [2.75, 3.05) is 0 Å². The molecule has 0 aromatic heterocycles. The molecule has 0 radical (unpaired) electrons. The summed E-state index contributed by atoms with van der Waals surface area (Å²) in [7, 11) is 0. The van der Waals surface area contributed by atoms with Gasteiger partial charge in [0.1, 0.15) is 0 Å². The molecule has 0 saturated carbocycles. The summed E-state index contributed by atoms with van der Waals surface area (Å²) >= 11 is 0. The van der Waals surface area contributed by atoms with E-state index in [0.717, 1.165) is 6.42 Å². The lowest BCUT2D eigenvalue weighted by Gasteiger charge is -2.22. The summed E-state index contributed by atoms with van der Waals surface area (Å²) in [5.74, 6) is -0.101. The average molecular weight is 215 g/mol. The van der Waals surface area contributed by atoms with Crippen molar-refractivity contribution >= 4 is 12.0 Å². The lowest BCUT2D eigenvalue weighted by atomic mass is 9.82. The average Bonchev–Trinajstić information content (AvgIpc) is 2.57. The SMILES string of the molecule is CCC(C(N)=O)C1C(C)=Cc2ccccc21. The molecule has 2 rings (SSSR count). The van der Waals surface area contributed by atoms with Crippen molar-refractivity contribution < 1.29 is 4.79 Å². The number of allylic oxidation sites excluding steroid dienone is 1. The van der Waals surface area contributed by atoms with Crippen molar-refractivity contribution in [1.82, 2.24) is 0 Å². The molecule has 1 amide bonds. The summed E-state index contributed by atoms with van der Waals surface area (Å²) in [4.78, 5) is 11.5. The fraction of sp³-hybridized carbons (Fsp3) is 0.357. The van der Waals surface area contributed by atoms with Gasteiger partial charge >= 0.3 is 0 Å². The minimum Gasteiger partial charge on any atom is -0.369 e. The Morgan fingerprint density at radius 2 is 2.12 bits per heavy atom. The van der Waals surface area contributed by atoms with Gasteiger partial charge in [-0.25, -0.2) is 0 Å². The largest absolute Gasteiger partial charge is 0.369 e. The zero-order valence-corrected chi connectivity index (χ0v) is 9.73. The number of hydrogen-bond donors (Lipinski definition) is 1. The van der Waals surface area contributed by atoms with Crippen LogP contribution in [0.25, 0.3) is 6.08 Å². The zero-order chi connectivity index (χ0) is 11.7. The second-order valence-electron chi connectivity index (χ2n) is 4.41. The van der Waals surface area contributed by atoms with Crippen LogP contribution in [0.5, 0.6) is 0 Å². The van der Waals surface area contributed by atoms with Gasteiger partial charge in [0.25, 0.3) is 0 Å². The molecular weight excluding hydrogens is 198 g/mol. The Labute approximate surface area is 96.2 Å². The summed E-state index contributed by atoms with van der Waals surface area (Å²) in [6, 6.07) is 8.23. The van der Waals surface area contributed by atoms with Gasteiger partial charge in [-0.15, -0.1) is 0 Å². The number of rotatable bonds is 3. The van der Waals surface area contributed by atoms with Crippen LogP contribution in [-0.2, 0) is 4.79 Å². The topological polar surface area (TPSA) is 43.1 Å². The number of primary amides is 1. The number of carbonyl (C=O) groups is 1. The second kappa shape index (κ2) is 4.12. The molecule has 0 fully saturated rings. The molecule has 1 aromatic carbocycles. The molecule has 2 N–H and O–H groups in total. The molecule has 1 aromatic rings. The Balaban J connectivity index is 2.43. The number of nitrogens with two attached hydrogens (primary N) is 1. The quantitative estimate of drug-likeness (QED) is 0.827. The van der Waals surface area contributed by atoms with Gasteiger partial charge in [0, 0.05) is 11.8 Å². The molecule has 2 nitrogen and oxygen atoms in total. The maximum atomic E-state index is 11.5. The molecule has 0 spiro atoms. The first-order valence-electron chi connectivity index (χ1n) is 5.71. The summed E-state index contributed by atoms with van der Waals surface area (Å²) in [5, 5.41) is 0. The van der Waals surface area contributed by atoms with E-state index in [1.54, 1.807) is 0 Å². The Hall–Kier alpha value is -1.57. The minimum absolute atomic E-state index is 0.0834. The summed E-state index contributed by atoms with van der Waals surface area (Å²) in [6.45, 7) is 4.10. The standard InChI is InChI=1S/C14H17NO/c1-3-11(14(15)16)13-9(2)8-10-6-4-5-7-12(10)13/h4-8,11,13H,3H2,1-2H3,(H2,15,16). The lowest BCUT2D eigenvalue weighted by molar-refractivity contribution is -0.122. The Bertz CT molecular complexity index is 448. The van der Waals surface area contributed by atoms with Crippen LogP contribution in [0.4, 0.5) is 0 Å². The third-order valence-electron chi connectivity index (χ3n) is 3.41. The van der Waals surface area contributed by atoms with Crippen molar-refractivity contribution in [3.05, 3.63) is 41.0 Å². The van der Waals surface area contributed by atoms with Gasteiger partial charge in [-0.3, -0.25) is 4.79 Å². The third kappa shape index (κ3) is 1.64. The van der Waals surface area contributed by atoms with E-state index in [0.29, 0.717) is 0 Å². The van der Waals surface area contributed by atoms with E-state index in [4.69, 9.17) is 5.73 Å². The van der Waals surface area contributed by atoms with E-state index in [1.807, 2.05) is 19.1 Å². The molecule has 0 heterocycles. The number of benzene rings is 1. The molecule has 2 atom stereocenters. The fourth-order valence-corrected chi connectivity index (χ4v) is 2.64. The van der Waals surface area contributed by atoms with E-state index in [2.05, 4.69) is 25.1 Å². The van der Waals surface area contributed by atoms with Crippen LogP contribution in [0.1, 0.15) is 37.3 Å². The van der Waals surface area contributed by atoms with Crippen LogP contribution in [0.15, 0.2) is 29.8 Å². The van der Waals surface area contributed by atoms with Crippen molar-refractivity contribution in [2.45, 2.75) is 26.2 Å². The molecule has 0 bridgehead atoms. The highest BCUT2D eigenvalue weighted by atomic mass is 16.1. The molecule has 84 valence electrons. The zero-order valence-electron chi connectivity index (χ0n) is 9.73. The van der Waals surface area contributed by atoms with Crippen molar-refractivity contribution in [3.63, 3.8) is 0 Å². The van der Waals surface area contributed by atoms with Gasteiger partial charge < -0.3 is 5.73 Å². The van der Waals surface area contributed by atoms with Gasteiger partial charge in [-0.2, -0.15) is 0 Å². The van der Waals surface area contributed by atoms with E-state index in [1.165, 1.54) is 16.7 Å². The van der Waals surface area contributed by atoms with Crippen LogP contribution >= 0.6 is 0 Å². The Morgan fingerprint density at radius 3 is 2.75 bits per heavy atom. The van der Waals surface area contributed by atoms with Crippen LogP contribution in [0.2, 0.25) is 0 Å². The van der Waals surface area contributed by atoms with E-state index in [9.17, 15) is 4.79 Å². The predicted octanol–water partition coefficient (Wildman–Crippen LogP) is 2.70. The van der Waals surface area contributed by atoms with Gasteiger partial charge in [0.15, 0.2) is 0 Å². The number of hydrogen-bond acceptors (Lipinski definition) is 1. The second-order valence-corrected chi connectivity index (χ2v) is 4.41. The maximum absolute atomic E-state index is 11.5. The highest BCUT2D eigenvalue weighted by Crippen LogP contribution is 2.41. The van der Waals surface area contributed by atoms with Crippen LogP contribution in [0.3, 0.4) is 0 Å². The summed E-state index contributed by atoms with van der Waals surface area (Å²) < 4.78 is 0. The molecular formula is C14H17NO. The first-order valence-corrected chi connectivity index (χ1v) is 5.71. The first kappa shape index (κ1) is 10.9.